The first kappa shape index (κ1) is 33.0. The average Bonchev–Trinajstić information content (AvgIpc) is 2.91. The number of carbonyl (C=O) groups is 2. The van der Waals surface area contributed by atoms with Crippen molar-refractivity contribution in [3.63, 3.8) is 0 Å². The summed E-state index contributed by atoms with van der Waals surface area (Å²) in [5.74, 6) is -1.02. The quantitative estimate of drug-likeness (QED) is 0.224. The molecular weight excluding hydrogens is 628 g/mol. The van der Waals surface area contributed by atoms with Crippen LogP contribution in [0.25, 0.3) is 0 Å². The van der Waals surface area contributed by atoms with E-state index in [0.717, 1.165) is 9.87 Å². The highest BCUT2D eigenvalue weighted by Gasteiger charge is 2.34. The number of carbonyl (C=O) groups excluding carboxylic acids is 2. The Balaban J connectivity index is 2.12. The highest BCUT2D eigenvalue weighted by molar-refractivity contribution is 7.92. The van der Waals surface area contributed by atoms with Crippen molar-refractivity contribution in [3.8, 4) is 0 Å². The summed E-state index contributed by atoms with van der Waals surface area (Å²) in [5, 5.41) is 3.83. The average molecular weight is 659 g/mol. The number of nitrogens with zero attached hydrogens (tertiary/aromatic N) is 2. The molecule has 1 atom stereocenters. The Morgan fingerprint density at radius 1 is 0.902 bits per heavy atom. The predicted octanol–water partition coefficient (Wildman–Crippen LogP) is 7.14. The second-order valence-corrected chi connectivity index (χ2v) is 12.9. The second kappa shape index (κ2) is 14.6. The van der Waals surface area contributed by atoms with Crippen molar-refractivity contribution in [1.29, 1.82) is 0 Å². The summed E-state index contributed by atoms with van der Waals surface area (Å²) >= 11 is 25.3. The summed E-state index contributed by atoms with van der Waals surface area (Å²) < 4.78 is 28.8. The van der Waals surface area contributed by atoms with Crippen molar-refractivity contribution in [3.05, 3.63) is 91.9 Å². The molecule has 3 aromatic rings. The van der Waals surface area contributed by atoms with Gasteiger partial charge >= 0.3 is 0 Å². The molecule has 0 unspecified atom stereocenters. The first-order valence-electron chi connectivity index (χ1n) is 12.9. The summed E-state index contributed by atoms with van der Waals surface area (Å²) in [6, 6.07) is 14.5. The van der Waals surface area contributed by atoms with E-state index in [4.69, 9.17) is 46.4 Å². The van der Waals surface area contributed by atoms with Crippen LogP contribution < -0.4 is 9.62 Å². The molecule has 12 heteroatoms. The van der Waals surface area contributed by atoms with E-state index in [2.05, 4.69) is 5.32 Å². The number of aryl methyl sites for hydroxylation is 1. The predicted molar refractivity (Wildman–Crippen MR) is 167 cm³/mol. The van der Waals surface area contributed by atoms with Crippen molar-refractivity contribution < 1.29 is 18.0 Å². The highest BCUT2D eigenvalue weighted by Crippen LogP contribution is 2.31. The number of benzene rings is 3. The fourth-order valence-electron chi connectivity index (χ4n) is 4.19. The maximum atomic E-state index is 14.1. The maximum Gasteiger partial charge on any atom is 0.264 e. The number of amides is 2. The molecule has 2 amide bonds. The van der Waals surface area contributed by atoms with Gasteiger partial charge in [-0.2, -0.15) is 0 Å². The zero-order valence-electron chi connectivity index (χ0n) is 22.8. The van der Waals surface area contributed by atoms with Gasteiger partial charge in [-0.25, -0.2) is 8.42 Å². The molecule has 3 aromatic carbocycles. The summed E-state index contributed by atoms with van der Waals surface area (Å²) in [5.41, 5.74) is 1.39. The lowest BCUT2D eigenvalue weighted by molar-refractivity contribution is -0.140. The summed E-state index contributed by atoms with van der Waals surface area (Å²) in [4.78, 5) is 28.6. The van der Waals surface area contributed by atoms with Crippen molar-refractivity contribution in [2.24, 2.45) is 0 Å². The summed E-state index contributed by atoms with van der Waals surface area (Å²) in [7, 11) is -4.27. The standard InChI is InChI=1S/C29H31Cl4N3O4S/c1-4-13-34-29(38)27(5-2)35(17-24-25(32)7-6-8-26(24)33)28(37)18-36(22-15-20(30)14-21(31)16-22)41(39,40)23-11-9-19(3)10-12-23/h6-12,14-16,27H,4-5,13,17-18H2,1-3H3,(H,34,38)/t27-/m1/s1. The van der Waals surface area contributed by atoms with Gasteiger partial charge in [0.1, 0.15) is 12.6 Å². The van der Waals surface area contributed by atoms with Crippen LogP contribution in [0.2, 0.25) is 20.1 Å². The molecule has 0 saturated heterocycles. The smallest absolute Gasteiger partial charge is 0.264 e. The summed E-state index contributed by atoms with van der Waals surface area (Å²) in [6.45, 7) is 5.16. The second-order valence-electron chi connectivity index (χ2n) is 9.39. The molecule has 0 spiro atoms. The molecule has 7 nitrogen and oxygen atoms in total. The van der Waals surface area contributed by atoms with Crippen molar-refractivity contribution in [1.82, 2.24) is 10.2 Å². The first-order chi connectivity index (χ1) is 19.4. The molecule has 41 heavy (non-hydrogen) atoms. The van der Waals surface area contributed by atoms with Gasteiger partial charge in [-0.15, -0.1) is 0 Å². The van der Waals surface area contributed by atoms with Crippen LogP contribution in [0.4, 0.5) is 5.69 Å². The number of hydrogen-bond donors (Lipinski definition) is 1. The molecule has 0 heterocycles. The van der Waals surface area contributed by atoms with Crippen LogP contribution in [0.3, 0.4) is 0 Å². The van der Waals surface area contributed by atoms with Gasteiger partial charge in [0, 0.05) is 38.7 Å². The maximum absolute atomic E-state index is 14.1. The Labute approximate surface area is 261 Å². The minimum absolute atomic E-state index is 0.0274. The Morgan fingerprint density at radius 2 is 1.49 bits per heavy atom. The largest absolute Gasteiger partial charge is 0.354 e. The lowest BCUT2D eigenvalue weighted by Crippen LogP contribution is -2.52. The minimum atomic E-state index is -4.27. The Kier molecular flexibility index (Phi) is 11.8. The highest BCUT2D eigenvalue weighted by atomic mass is 35.5. The summed E-state index contributed by atoms with van der Waals surface area (Å²) in [6.07, 6.45) is 0.960. The minimum Gasteiger partial charge on any atom is -0.354 e. The van der Waals surface area contributed by atoms with Crippen LogP contribution in [0, 0.1) is 6.92 Å². The van der Waals surface area contributed by atoms with Gasteiger partial charge in [0.2, 0.25) is 11.8 Å². The number of hydrogen-bond acceptors (Lipinski definition) is 4. The van der Waals surface area contributed by atoms with Gasteiger partial charge in [0.15, 0.2) is 0 Å². The Hall–Kier alpha value is -2.49. The molecule has 0 radical (unpaired) electrons. The van der Waals surface area contributed by atoms with E-state index >= 15 is 0 Å². The van der Waals surface area contributed by atoms with E-state index in [-0.39, 0.29) is 39.5 Å². The number of halogens is 4. The lowest BCUT2D eigenvalue weighted by atomic mass is 10.1. The SMILES string of the molecule is CCCNC(=O)[C@@H](CC)N(Cc1c(Cl)cccc1Cl)C(=O)CN(c1cc(Cl)cc(Cl)c1)S(=O)(=O)c1ccc(C)cc1. The molecule has 0 aliphatic carbocycles. The fraction of sp³-hybridized carbons (Fsp3) is 0.310. The molecular formula is C29H31Cl4N3O4S. The molecule has 0 aliphatic heterocycles. The first-order valence-corrected chi connectivity index (χ1v) is 15.9. The molecule has 0 saturated carbocycles. The third-order valence-corrected chi connectivity index (χ3v) is 9.28. The number of rotatable bonds is 12. The van der Waals surface area contributed by atoms with Crippen LogP contribution in [0.5, 0.6) is 0 Å². The zero-order chi connectivity index (χ0) is 30.3. The van der Waals surface area contributed by atoms with Gasteiger partial charge in [0.05, 0.1) is 10.6 Å². The monoisotopic (exact) mass is 657 g/mol. The fourth-order valence-corrected chi connectivity index (χ4v) is 6.62. The van der Waals surface area contributed by atoms with Crippen LogP contribution in [0.15, 0.2) is 65.6 Å². The normalized spacial score (nSPS) is 12.1. The molecule has 220 valence electrons. The van der Waals surface area contributed by atoms with Crippen molar-refractivity contribution in [2.75, 3.05) is 17.4 Å². The van der Waals surface area contributed by atoms with Gasteiger partial charge in [-0.3, -0.25) is 13.9 Å². The Morgan fingerprint density at radius 3 is 2.02 bits per heavy atom. The molecule has 1 N–H and O–H groups in total. The third kappa shape index (κ3) is 8.30. The molecule has 0 aliphatic rings. The van der Waals surface area contributed by atoms with Gasteiger partial charge in [0.25, 0.3) is 10.0 Å². The third-order valence-electron chi connectivity index (χ3n) is 6.35. The molecule has 0 bridgehead atoms. The van der Waals surface area contributed by atoms with E-state index in [9.17, 15) is 18.0 Å². The van der Waals surface area contributed by atoms with Gasteiger partial charge in [-0.05, 0) is 62.2 Å². The van der Waals surface area contributed by atoms with Gasteiger partial charge < -0.3 is 10.2 Å². The van der Waals surface area contributed by atoms with Crippen molar-refractivity contribution in [2.45, 2.75) is 51.1 Å². The lowest BCUT2D eigenvalue weighted by Gasteiger charge is -2.33. The number of sulfonamides is 1. The number of nitrogens with one attached hydrogen (secondary N) is 1. The Bertz CT molecular complexity index is 1460. The molecule has 3 rings (SSSR count). The zero-order valence-corrected chi connectivity index (χ0v) is 26.7. The van der Waals surface area contributed by atoms with Crippen LogP contribution in [-0.2, 0) is 26.2 Å². The van der Waals surface area contributed by atoms with E-state index in [0.29, 0.717) is 28.6 Å². The van der Waals surface area contributed by atoms with E-state index in [1.165, 1.54) is 35.2 Å². The van der Waals surface area contributed by atoms with E-state index in [1.807, 2.05) is 13.8 Å². The molecule has 0 fully saturated rings. The molecule has 0 aromatic heterocycles. The van der Waals surface area contributed by atoms with Crippen LogP contribution >= 0.6 is 46.4 Å². The van der Waals surface area contributed by atoms with Gasteiger partial charge in [-0.1, -0.05) is 84.0 Å². The topological polar surface area (TPSA) is 86.8 Å². The van der Waals surface area contributed by atoms with Crippen LogP contribution in [-0.4, -0.2) is 44.3 Å². The van der Waals surface area contributed by atoms with E-state index in [1.54, 1.807) is 37.3 Å². The van der Waals surface area contributed by atoms with Crippen LogP contribution in [0.1, 0.15) is 37.8 Å². The number of anilines is 1. The van der Waals surface area contributed by atoms with E-state index < -0.39 is 28.5 Å². The van der Waals surface area contributed by atoms with Crippen molar-refractivity contribution >= 4 is 73.9 Å².